The first-order valence-corrected chi connectivity index (χ1v) is 6.93. The molecule has 0 saturated heterocycles. The molecule has 0 aliphatic rings. The number of nitrogens with one attached hydrogen (secondary N) is 1. The molecule has 0 amide bonds. The van der Waals surface area contributed by atoms with Crippen LogP contribution in [0.25, 0.3) is 0 Å². The molecular formula is C17H21NO2. The maximum atomic E-state index is 9.11. The van der Waals surface area contributed by atoms with Crippen LogP contribution in [0.15, 0.2) is 48.5 Å². The lowest BCUT2D eigenvalue weighted by molar-refractivity contribution is 0.281. The predicted molar refractivity (Wildman–Crippen MR) is 80.5 cm³/mol. The Morgan fingerprint density at radius 3 is 2.30 bits per heavy atom. The molecule has 0 atom stereocenters. The van der Waals surface area contributed by atoms with Crippen LogP contribution in [-0.2, 0) is 19.7 Å². The van der Waals surface area contributed by atoms with Crippen molar-refractivity contribution in [1.82, 2.24) is 5.32 Å². The predicted octanol–water partition coefficient (Wildman–Crippen LogP) is 2.87. The summed E-state index contributed by atoms with van der Waals surface area (Å²) in [6, 6.07) is 16.1. The third-order valence-electron chi connectivity index (χ3n) is 3.04. The van der Waals surface area contributed by atoms with Crippen molar-refractivity contribution < 1.29 is 9.84 Å². The molecule has 106 valence electrons. The number of ether oxygens (including phenoxy) is 1. The van der Waals surface area contributed by atoms with Crippen LogP contribution < -0.4 is 10.1 Å². The zero-order chi connectivity index (χ0) is 14.2. The average molecular weight is 271 g/mol. The van der Waals surface area contributed by atoms with Gasteiger partial charge in [-0.05, 0) is 35.7 Å². The van der Waals surface area contributed by atoms with Crippen molar-refractivity contribution in [3.05, 3.63) is 65.2 Å². The molecule has 0 bridgehead atoms. The normalized spacial score (nSPS) is 10.5. The topological polar surface area (TPSA) is 41.5 Å². The molecule has 2 aromatic carbocycles. The van der Waals surface area contributed by atoms with Crippen LogP contribution >= 0.6 is 0 Å². The summed E-state index contributed by atoms with van der Waals surface area (Å²) in [5.41, 5.74) is 3.33. The Morgan fingerprint density at radius 2 is 1.60 bits per heavy atom. The Hall–Kier alpha value is -1.84. The molecule has 0 aliphatic carbocycles. The molecule has 2 rings (SSSR count). The third-order valence-corrected chi connectivity index (χ3v) is 3.04. The van der Waals surface area contributed by atoms with E-state index < -0.39 is 0 Å². The highest BCUT2D eigenvalue weighted by atomic mass is 16.5. The zero-order valence-corrected chi connectivity index (χ0v) is 11.8. The minimum absolute atomic E-state index is 0.0875. The van der Waals surface area contributed by atoms with Gasteiger partial charge in [-0.2, -0.15) is 0 Å². The lowest BCUT2D eigenvalue weighted by Crippen LogP contribution is -2.12. The van der Waals surface area contributed by atoms with E-state index in [-0.39, 0.29) is 6.61 Å². The molecule has 0 unspecified atom stereocenters. The molecule has 3 heteroatoms. The fourth-order valence-corrected chi connectivity index (χ4v) is 2.10. The minimum Gasteiger partial charge on any atom is -0.494 e. The Kier molecular flexibility index (Phi) is 5.59. The minimum atomic E-state index is 0.0875. The van der Waals surface area contributed by atoms with Gasteiger partial charge in [-0.15, -0.1) is 0 Å². The molecule has 0 saturated carbocycles. The van der Waals surface area contributed by atoms with Crippen LogP contribution in [0.3, 0.4) is 0 Å². The fraction of sp³-hybridized carbons (Fsp3) is 0.294. The van der Waals surface area contributed by atoms with Crippen LogP contribution in [0.5, 0.6) is 5.75 Å². The molecule has 0 heterocycles. The SMILES string of the molecule is CCOc1cccc(CNCc2cccc(CO)c2)c1. The van der Waals surface area contributed by atoms with Gasteiger partial charge in [-0.3, -0.25) is 0 Å². The monoisotopic (exact) mass is 271 g/mol. The van der Waals surface area contributed by atoms with E-state index in [1.807, 2.05) is 37.3 Å². The van der Waals surface area contributed by atoms with E-state index in [4.69, 9.17) is 9.84 Å². The van der Waals surface area contributed by atoms with Crippen LogP contribution in [0, 0.1) is 0 Å². The molecule has 2 N–H and O–H groups in total. The second-order valence-corrected chi connectivity index (χ2v) is 4.66. The Bertz CT molecular complexity index is 540. The van der Waals surface area contributed by atoms with E-state index in [0.717, 1.165) is 24.4 Å². The van der Waals surface area contributed by atoms with Crippen LogP contribution in [0.1, 0.15) is 23.6 Å². The number of hydrogen-bond donors (Lipinski definition) is 2. The number of benzene rings is 2. The van der Waals surface area contributed by atoms with Crippen molar-refractivity contribution >= 4 is 0 Å². The maximum absolute atomic E-state index is 9.11. The Labute approximate surface area is 120 Å². The second kappa shape index (κ2) is 7.68. The summed E-state index contributed by atoms with van der Waals surface area (Å²) >= 11 is 0. The largest absolute Gasteiger partial charge is 0.494 e. The summed E-state index contributed by atoms with van der Waals surface area (Å²) in [7, 11) is 0. The molecular weight excluding hydrogens is 250 g/mol. The van der Waals surface area contributed by atoms with Gasteiger partial charge in [0.25, 0.3) is 0 Å². The van der Waals surface area contributed by atoms with E-state index in [9.17, 15) is 0 Å². The number of rotatable bonds is 7. The summed E-state index contributed by atoms with van der Waals surface area (Å²) in [5.74, 6) is 0.911. The summed E-state index contributed by atoms with van der Waals surface area (Å²) < 4.78 is 5.49. The van der Waals surface area contributed by atoms with Crippen molar-refractivity contribution in [3.8, 4) is 5.75 Å². The smallest absolute Gasteiger partial charge is 0.119 e. The fourth-order valence-electron chi connectivity index (χ4n) is 2.10. The molecule has 20 heavy (non-hydrogen) atoms. The zero-order valence-electron chi connectivity index (χ0n) is 11.8. The van der Waals surface area contributed by atoms with Crippen LogP contribution in [-0.4, -0.2) is 11.7 Å². The molecule has 0 aromatic heterocycles. The van der Waals surface area contributed by atoms with E-state index in [0.29, 0.717) is 6.61 Å². The quantitative estimate of drug-likeness (QED) is 0.813. The van der Waals surface area contributed by atoms with Crippen LogP contribution in [0.4, 0.5) is 0 Å². The third kappa shape index (κ3) is 4.37. The van der Waals surface area contributed by atoms with Gasteiger partial charge in [0, 0.05) is 13.1 Å². The van der Waals surface area contributed by atoms with E-state index >= 15 is 0 Å². The van der Waals surface area contributed by atoms with Crippen molar-refractivity contribution in [2.24, 2.45) is 0 Å². The molecule has 0 fully saturated rings. The highest BCUT2D eigenvalue weighted by Crippen LogP contribution is 2.13. The first-order chi connectivity index (χ1) is 9.81. The second-order valence-electron chi connectivity index (χ2n) is 4.66. The number of aliphatic hydroxyl groups excluding tert-OH is 1. The van der Waals surface area contributed by atoms with Crippen molar-refractivity contribution in [1.29, 1.82) is 0 Å². The number of aliphatic hydroxyl groups is 1. The Balaban J connectivity index is 1.87. The van der Waals surface area contributed by atoms with Gasteiger partial charge in [0.15, 0.2) is 0 Å². The molecule has 0 spiro atoms. The van der Waals surface area contributed by atoms with E-state index in [1.165, 1.54) is 11.1 Å². The first-order valence-electron chi connectivity index (χ1n) is 6.93. The van der Waals surface area contributed by atoms with Gasteiger partial charge < -0.3 is 15.2 Å². The van der Waals surface area contributed by atoms with Gasteiger partial charge in [-0.1, -0.05) is 36.4 Å². The van der Waals surface area contributed by atoms with E-state index in [2.05, 4.69) is 23.5 Å². The van der Waals surface area contributed by atoms with E-state index in [1.54, 1.807) is 0 Å². The standard InChI is InChI=1S/C17H21NO2/c1-2-20-17-8-4-6-15(10-17)12-18-11-14-5-3-7-16(9-14)13-19/h3-10,18-19H,2,11-13H2,1H3. The first kappa shape index (κ1) is 14.6. The van der Waals surface area contributed by atoms with Gasteiger partial charge in [0.2, 0.25) is 0 Å². The summed E-state index contributed by atoms with van der Waals surface area (Å²) in [6.07, 6.45) is 0. The van der Waals surface area contributed by atoms with Gasteiger partial charge in [-0.25, -0.2) is 0 Å². The summed E-state index contributed by atoms with van der Waals surface area (Å²) in [5, 5.41) is 12.5. The van der Waals surface area contributed by atoms with Crippen molar-refractivity contribution in [2.45, 2.75) is 26.6 Å². The summed E-state index contributed by atoms with van der Waals surface area (Å²) in [4.78, 5) is 0. The Morgan fingerprint density at radius 1 is 0.950 bits per heavy atom. The average Bonchev–Trinajstić information content (AvgIpc) is 2.48. The van der Waals surface area contributed by atoms with Crippen LogP contribution in [0.2, 0.25) is 0 Å². The number of hydrogen-bond acceptors (Lipinski definition) is 3. The molecule has 0 aliphatic heterocycles. The van der Waals surface area contributed by atoms with Gasteiger partial charge in [0.05, 0.1) is 13.2 Å². The van der Waals surface area contributed by atoms with Gasteiger partial charge >= 0.3 is 0 Å². The van der Waals surface area contributed by atoms with Crippen molar-refractivity contribution in [2.75, 3.05) is 6.61 Å². The van der Waals surface area contributed by atoms with Crippen molar-refractivity contribution in [3.63, 3.8) is 0 Å². The molecule has 2 aromatic rings. The molecule has 0 radical (unpaired) electrons. The highest BCUT2D eigenvalue weighted by molar-refractivity contribution is 5.28. The lowest BCUT2D eigenvalue weighted by atomic mass is 10.1. The maximum Gasteiger partial charge on any atom is 0.119 e. The lowest BCUT2D eigenvalue weighted by Gasteiger charge is -2.08. The van der Waals surface area contributed by atoms with Gasteiger partial charge in [0.1, 0.15) is 5.75 Å². The summed E-state index contributed by atoms with van der Waals surface area (Å²) in [6.45, 7) is 4.34. The highest BCUT2D eigenvalue weighted by Gasteiger charge is 1.98. The molecule has 3 nitrogen and oxygen atoms in total.